The lowest BCUT2D eigenvalue weighted by Crippen LogP contribution is -2.64. The van der Waals surface area contributed by atoms with E-state index in [1.54, 1.807) is 0 Å². The van der Waals surface area contributed by atoms with Crippen molar-refractivity contribution in [3.63, 3.8) is 0 Å². The third-order valence-electron chi connectivity index (χ3n) is 3.66. The monoisotopic (exact) mass is 317 g/mol. The summed E-state index contributed by atoms with van der Waals surface area (Å²) in [5.74, 6) is 0. The Morgan fingerprint density at radius 3 is 0.909 bits per heavy atom. The normalized spacial score (nSPS) is 24.0. The maximum atomic E-state index is 3.08. The highest BCUT2D eigenvalue weighted by Gasteiger charge is 1.94. The molecule has 9 nitrogen and oxygen atoms in total. The van der Waals surface area contributed by atoms with E-state index in [9.17, 15) is 0 Å². The van der Waals surface area contributed by atoms with E-state index in [2.05, 4.69) is 49.6 Å². The molecule has 132 valence electrons. The molecular formula is C13H35N9. The fraction of sp³-hybridized carbons (Fsp3) is 1.00. The molecule has 0 aliphatic carbocycles. The van der Waals surface area contributed by atoms with E-state index < -0.39 is 0 Å². The largest absolute Gasteiger partial charge is 0.243 e. The van der Waals surface area contributed by atoms with E-state index in [0.29, 0.717) is 0 Å². The second-order valence-corrected chi connectivity index (χ2v) is 5.62. The van der Waals surface area contributed by atoms with Crippen molar-refractivity contribution in [2.75, 3.05) is 13.1 Å². The zero-order valence-corrected chi connectivity index (χ0v) is 13.7. The summed E-state index contributed by atoms with van der Waals surface area (Å²) in [6.07, 6.45) is 14.6. The number of hydrogen-bond donors (Lipinski definition) is 9. The van der Waals surface area contributed by atoms with Gasteiger partial charge in [0.25, 0.3) is 0 Å². The topological polar surface area (TPSA) is 108 Å². The van der Waals surface area contributed by atoms with Gasteiger partial charge in [0.05, 0.1) is 0 Å². The van der Waals surface area contributed by atoms with E-state index >= 15 is 0 Å². The summed E-state index contributed by atoms with van der Waals surface area (Å²) >= 11 is 0. The van der Waals surface area contributed by atoms with Gasteiger partial charge >= 0.3 is 0 Å². The number of nitrogens with one attached hydrogen (secondary N) is 9. The van der Waals surface area contributed by atoms with Gasteiger partial charge in [-0.25, -0.2) is 10.9 Å². The van der Waals surface area contributed by atoms with Crippen molar-refractivity contribution in [3.8, 4) is 0 Å². The standard InChI is InChI=1S/C13H35N9/c1-2-4-6-8-10-12-14-16-18-20-22-21-19-17-15-13-11-9-7-5-3-1/h14-22H,1-13H2. The van der Waals surface area contributed by atoms with Gasteiger partial charge in [-0.3, -0.25) is 0 Å². The van der Waals surface area contributed by atoms with Gasteiger partial charge in [-0.15, -0.1) is 0 Å². The number of hydrogen-bond acceptors (Lipinski definition) is 9. The van der Waals surface area contributed by atoms with Gasteiger partial charge in [0.1, 0.15) is 0 Å². The van der Waals surface area contributed by atoms with Crippen LogP contribution in [-0.2, 0) is 0 Å². The molecule has 0 radical (unpaired) electrons. The van der Waals surface area contributed by atoms with Crippen LogP contribution in [0.2, 0.25) is 0 Å². The molecule has 0 spiro atoms. The first kappa shape index (κ1) is 19.7. The Bertz CT molecular complexity index is 120. The molecule has 9 heteroatoms. The van der Waals surface area contributed by atoms with Gasteiger partial charge in [-0.2, -0.15) is 38.7 Å². The Hall–Kier alpha value is -0.360. The lowest BCUT2D eigenvalue weighted by molar-refractivity contribution is 0.242. The molecule has 1 aliphatic rings. The highest BCUT2D eigenvalue weighted by atomic mass is 15.9. The summed E-state index contributed by atoms with van der Waals surface area (Å²) in [7, 11) is 0. The molecule has 0 unspecified atom stereocenters. The quantitative estimate of drug-likeness (QED) is 0.303. The third kappa shape index (κ3) is 14.6. The first-order chi connectivity index (χ1) is 11.0. The Balaban J connectivity index is 2.00. The molecule has 0 aromatic heterocycles. The smallest absolute Gasteiger partial charge is 0.0113 e. The molecule has 1 fully saturated rings. The van der Waals surface area contributed by atoms with Crippen molar-refractivity contribution in [3.05, 3.63) is 0 Å². The van der Waals surface area contributed by atoms with Crippen LogP contribution in [-0.4, -0.2) is 13.1 Å². The SMILES string of the molecule is C1CCCCCCNNNNNNNNNCCCCCC1. The second-order valence-electron chi connectivity index (χ2n) is 5.62. The fourth-order valence-electron chi connectivity index (χ4n) is 2.39. The summed E-state index contributed by atoms with van der Waals surface area (Å²) in [6, 6.07) is 0. The molecule has 0 aromatic carbocycles. The Morgan fingerprint density at radius 2 is 0.545 bits per heavy atom. The molecule has 0 bridgehead atoms. The molecule has 0 aromatic rings. The number of hydrazine groups is 8. The highest BCUT2D eigenvalue weighted by Crippen LogP contribution is 2.10. The van der Waals surface area contributed by atoms with Crippen molar-refractivity contribution in [1.82, 2.24) is 49.6 Å². The van der Waals surface area contributed by atoms with Gasteiger partial charge in [0, 0.05) is 13.1 Å². The summed E-state index contributed by atoms with van der Waals surface area (Å²) in [5.41, 5.74) is 25.5. The minimum absolute atomic E-state index is 0.950. The minimum atomic E-state index is 0.950. The van der Waals surface area contributed by atoms with E-state index in [4.69, 9.17) is 0 Å². The number of rotatable bonds is 0. The van der Waals surface area contributed by atoms with Gasteiger partial charge in [-0.1, -0.05) is 57.8 Å². The highest BCUT2D eigenvalue weighted by molar-refractivity contribution is 4.50. The van der Waals surface area contributed by atoms with Crippen molar-refractivity contribution in [2.45, 2.75) is 70.6 Å². The lowest BCUT2D eigenvalue weighted by Gasteiger charge is -2.13. The van der Waals surface area contributed by atoms with Crippen LogP contribution in [0, 0.1) is 0 Å². The molecule has 1 saturated heterocycles. The summed E-state index contributed by atoms with van der Waals surface area (Å²) < 4.78 is 0. The molecule has 0 atom stereocenters. The molecule has 0 amide bonds. The van der Waals surface area contributed by atoms with Crippen molar-refractivity contribution in [1.29, 1.82) is 0 Å². The van der Waals surface area contributed by atoms with Crippen LogP contribution in [0.3, 0.4) is 0 Å². The summed E-state index contributed by atoms with van der Waals surface area (Å²) in [6.45, 7) is 1.90. The van der Waals surface area contributed by atoms with Crippen molar-refractivity contribution in [2.24, 2.45) is 0 Å². The summed E-state index contributed by atoms with van der Waals surface area (Å²) in [4.78, 5) is 0. The molecule has 1 heterocycles. The van der Waals surface area contributed by atoms with E-state index in [0.717, 1.165) is 13.1 Å². The van der Waals surface area contributed by atoms with Gasteiger partial charge in [-0.05, 0) is 12.8 Å². The van der Waals surface area contributed by atoms with Crippen LogP contribution in [0.5, 0.6) is 0 Å². The first-order valence-corrected chi connectivity index (χ1v) is 8.71. The molecular weight excluding hydrogens is 282 g/mol. The molecule has 1 rings (SSSR count). The molecule has 22 heavy (non-hydrogen) atoms. The van der Waals surface area contributed by atoms with Gasteiger partial charge in [0.15, 0.2) is 0 Å². The predicted octanol–water partition coefficient (Wildman–Crippen LogP) is -0.0825. The zero-order valence-electron chi connectivity index (χ0n) is 13.7. The summed E-state index contributed by atoms with van der Waals surface area (Å²) in [5, 5.41) is 0. The Kier molecular flexibility index (Phi) is 15.2. The minimum Gasteiger partial charge on any atom is -0.243 e. The van der Waals surface area contributed by atoms with E-state index in [-0.39, 0.29) is 0 Å². The predicted molar refractivity (Wildman–Crippen MR) is 88.7 cm³/mol. The van der Waals surface area contributed by atoms with Crippen LogP contribution < -0.4 is 49.6 Å². The molecule has 0 saturated carbocycles. The van der Waals surface area contributed by atoms with E-state index in [1.165, 1.54) is 70.6 Å². The van der Waals surface area contributed by atoms with Gasteiger partial charge in [0.2, 0.25) is 0 Å². The van der Waals surface area contributed by atoms with Crippen LogP contribution in [0.4, 0.5) is 0 Å². The first-order valence-electron chi connectivity index (χ1n) is 8.71. The Labute approximate surface area is 134 Å². The fourth-order valence-corrected chi connectivity index (χ4v) is 2.39. The Morgan fingerprint density at radius 1 is 0.273 bits per heavy atom. The zero-order chi connectivity index (χ0) is 15.6. The maximum absolute atomic E-state index is 3.08. The average molecular weight is 317 g/mol. The van der Waals surface area contributed by atoms with Crippen LogP contribution in [0.1, 0.15) is 70.6 Å². The van der Waals surface area contributed by atoms with Gasteiger partial charge < -0.3 is 0 Å². The van der Waals surface area contributed by atoms with Crippen molar-refractivity contribution < 1.29 is 0 Å². The van der Waals surface area contributed by atoms with E-state index in [1.807, 2.05) is 0 Å². The third-order valence-corrected chi connectivity index (χ3v) is 3.66. The maximum Gasteiger partial charge on any atom is 0.0113 e. The average Bonchev–Trinajstić information content (AvgIpc) is 2.53. The molecule has 1 aliphatic heterocycles. The second kappa shape index (κ2) is 17.0. The lowest BCUT2D eigenvalue weighted by atomic mass is 10.1. The van der Waals surface area contributed by atoms with Crippen molar-refractivity contribution >= 4 is 0 Å². The van der Waals surface area contributed by atoms with Crippen LogP contribution >= 0.6 is 0 Å². The van der Waals surface area contributed by atoms with Crippen LogP contribution in [0.15, 0.2) is 0 Å². The molecule has 9 N–H and O–H groups in total. The van der Waals surface area contributed by atoms with Crippen LogP contribution in [0.25, 0.3) is 0 Å².